The molecule has 2 rings (SSSR count). The fourth-order valence-corrected chi connectivity index (χ4v) is 3.36. The standard InChI is InChI=1S/C12H9ClFNO2S2/c13-8-2-1-7(10(14)3-8)5-18-12-15-9(6-19-12)4-11(16)17/h1-3,6H,4-5H2,(H,16,17). The van der Waals surface area contributed by atoms with Gasteiger partial charge >= 0.3 is 5.97 Å². The van der Waals surface area contributed by atoms with Gasteiger partial charge in [-0.05, 0) is 17.7 Å². The number of hydrogen-bond donors (Lipinski definition) is 1. The van der Waals surface area contributed by atoms with Crippen molar-refractivity contribution in [1.29, 1.82) is 0 Å². The first-order valence-electron chi connectivity index (χ1n) is 5.27. The van der Waals surface area contributed by atoms with Crippen LogP contribution in [0.5, 0.6) is 0 Å². The number of aliphatic carboxylic acids is 1. The molecule has 0 aliphatic rings. The molecule has 2 aromatic rings. The Morgan fingerprint density at radius 1 is 1.53 bits per heavy atom. The lowest BCUT2D eigenvalue weighted by molar-refractivity contribution is -0.136. The summed E-state index contributed by atoms with van der Waals surface area (Å²) in [4.78, 5) is 14.7. The Bertz CT molecular complexity index is 603. The number of hydrogen-bond acceptors (Lipinski definition) is 4. The number of rotatable bonds is 5. The third-order valence-electron chi connectivity index (χ3n) is 2.23. The highest BCUT2D eigenvalue weighted by molar-refractivity contribution is 8.00. The van der Waals surface area contributed by atoms with Crippen molar-refractivity contribution >= 4 is 40.7 Å². The van der Waals surface area contributed by atoms with Crippen LogP contribution in [0.4, 0.5) is 4.39 Å². The number of thiazole rings is 1. The van der Waals surface area contributed by atoms with Gasteiger partial charge in [-0.25, -0.2) is 9.37 Å². The lowest BCUT2D eigenvalue weighted by atomic mass is 10.2. The second-order valence-corrected chi connectivity index (χ2v) is 6.22. The van der Waals surface area contributed by atoms with Gasteiger partial charge in [0.2, 0.25) is 0 Å². The van der Waals surface area contributed by atoms with Gasteiger partial charge in [-0.2, -0.15) is 0 Å². The van der Waals surface area contributed by atoms with Gasteiger partial charge in [0.25, 0.3) is 0 Å². The quantitative estimate of drug-likeness (QED) is 0.851. The van der Waals surface area contributed by atoms with Crippen molar-refractivity contribution < 1.29 is 14.3 Å². The number of carboxylic acid groups (broad SMARTS) is 1. The Labute approximate surface area is 122 Å². The average Bonchev–Trinajstić information content (AvgIpc) is 2.74. The molecule has 3 nitrogen and oxygen atoms in total. The molecule has 1 N–H and O–H groups in total. The Balaban J connectivity index is 1.98. The van der Waals surface area contributed by atoms with Gasteiger partial charge in [0.15, 0.2) is 0 Å². The Hall–Kier alpha value is -1.11. The Morgan fingerprint density at radius 3 is 3.00 bits per heavy atom. The smallest absolute Gasteiger partial charge is 0.309 e. The zero-order valence-corrected chi connectivity index (χ0v) is 12.0. The summed E-state index contributed by atoms with van der Waals surface area (Å²) in [6.07, 6.45) is -0.0909. The van der Waals surface area contributed by atoms with Crippen molar-refractivity contribution in [1.82, 2.24) is 4.98 Å². The fraction of sp³-hybridized carbons (Fsp3) is 0.167. The third-order valence-corrected chi connectivity index (χ3v) is 4.58. The topological polar surface area (TPSA) is 50.2 Å². The van der Waals surface area contributed by atoms with Gasteiger partial charge < -0.3 is 5.11 Å². The van der Waals surface area contributed by atoms with Crippen LogP contribution in [0.15, 0.2) is 27.9 Å². The van der Waals surface area contributed by atoms with Gasteiger partial charge in [0, 0.05) is 16.2 Å². The maximum absolute atomic E-state index is 13.5. The number of thioether (sulfide) groups is 1. The fourth-order valence-electron chi connectivity index (χ4n) is 1.37. The molecule has 0 radical (unpaired) electrons. The summed E-state index contributed by atoms with van der Waals surface area (Å²) in [6.45, 7) is 0. The molecule has 0 saturated heterocycles. The van der Waals surface area contributed by atoms with Gasteiger partial charge in [-0.3, -0.25) is 4.79 Å². The first kappa shape index (κ1) is 14.3. The molecule has 1 aromatic heterocycles. The minimum Gasteiger partial charge on any atom is -0.481 e. The monoisotopic (exact) mass is 317 g/mol. The van der Waals surface area contributed by atoms with Crippen LogP contribution in [0, 0.1) is 5.82 Å². The maximum atomic E-state index is 13.5. The molecule has 0 unspecified atom stereocenters. The van der Waals surface area contributed by atoms with Crippen LogP contribution >= 0.6 is 34.7 Å². The zero-order chi connectivity index (χ0) is 13.8. The number of carboxylic acids is 1. The van der Waals surface area contributed by atoms with E-state index in [1.807, 2.05) is 0 Å². The van der Waals surface area contributed by atoms with Crippen LogP contribution < -0.4 is 0 Å². The van der Waals surface area contributed by atoms with E-state index in [9.17, 15) is 9.18 Å². The van der Waals surface area contributed by atoms with E-state index >= 15 is 0 Å². The summed E-state index contributed by atoms with van der Waals surface area (Å²) in [5, 5.41) is 10.7. The molecule has 1 heterocycles. The molecular weight excluding hydrogens is 309 g/mol. The first-order valence-corrected chi connectivity index (χ1v) is 7.52. The number of halogens is 2. The number of benzene rings is 1. The van der Waals surface area contributed by atoms with Crippen LogP contribution in [-0.4, -0.2) is 16.1 Å². The summed E-state index contributed by atoms with van der Waals surface area (Å²) < 4.78 is 14.3. The second-order valence-electron chi connectivity index (χ2n) is 3.70. The SMILES string of the molecule is O=C(O)Cc1csc(SCc2ccc(Cl)cc2F)n1. The maximum Gasteiger partial charge on any atom is 0.309 e. The van der Waals surface area contributed by atoms with Gasteiger partial charge in [0.05, 0.1) is 12.1 Å². The number of aromatic nitrogens is 1. The average molecular weight is 318 g/mol. The summed E-state index contributed by atoms with van der Waals surface area (Å²) in [5.74, 6) is -0.823. The van der Waals surface area contributed by atoms with Crippen LogP contribution in [-0.2, 0) is 17.0 Å². The molecule has 19 heavy (non-hydrogen) atoms. The largest absolute Gasteiger partial charge is 0.481 e. The van der Waals surface area contributed by atoms with Gasteiger partial charge in [0.1, 0.15) is 10.2 Å². The second kappa shape index (κ2) is 6.36. The molecule has 100 valence electrons. The molecule has 0 fully saturated rings. The van der Waals surface area contributed by atoms with Crippen molar-refractivity contribution in [2.45, 2.75) is 16.5 Å². The van der Waals surface area contributed by atoms with Gasteiger partial charge in [-0.15, -0.1) is 11.3 Å². The van der Waals surface area contributed by atoms with E-state index in [1.165, 1.54) is 29.2 Å². The first-order chi connectivity index (χ1) is 9.04. The molecular formula is C12H9ClFNO2S2. The highest BCUT2D eigenvalue weighted by Gasteiger charge is 2.08. The van der Waals surface area contributed by atoms with Crippen LogP contribution in [0.25, 0.3) is 0 Å². The zero-order valence-electron chi connectivity index (χ0n) is 9.60. The molecule has 0 bridgehead atoms. The minimum atomic E-state index is -0.911. The van der Waals surface area contributed by atoms with E-state index in [4.69, 9.17) is 16.7 Å². The molecule has 0 saturated carbocycles. The predicted octanol–water partition coefficient (Wildman–Crippen LogP) is 3.86. The van der Waals surface area contributed by atoms with Gasteiger partial charge in [-0.1, -0.05) is 29.4 Å². The number of nitrogens with zero attached hydrogens (tertiary/aromatic N) is 1. The molecule has 7 heteroatoms. The lowest BCUT2D eigenvalue weighted by Gasteiger charge is -2.01. The normalized spacial score (nSPS) is 10.6. The predicted molar refractivity (Wildman–Crippen MR) is 74.4 cm³/mol. The summed E-state index contributed by atoms with van der Waals surface area (Å²) in [5.41, 5.74) is 1.07. The Kier molecular flexibility index (Phi) is 4.79. The van der Waals surface area contributed by atoms with Crippen LogP contribution in [0.3, 0.4) is 0 Å². The Morgan fingerprint density at radius 2 is 2.32 bits per heavy atom. The van der Waals surface area contributed by atoms with Crippen LogP contribution in [0.2, 0.25) is 5.02 Å². The highest BCUT2D eigenvalue weighted by Crippen LogP contribution is 2.28. The molecule has 0 aliphatic heterocycles. The van der Waals surface area contributed by atoms with E-state index < -0.39 is 5.97 Å². The molecule has 0 amide bonds. The van der Waals surface area contributed by atoms with Crippen molar-refractivity contribution in [2.75, 3.05) is 0 Å². The lowest BCUT2D eigenvalue weighted by Crippen LogP contribution is -1.99. The molecule has 0 aliphatic carbocycles. The highest BCUT2D eigenvalue weighted by atomic mass is 35.5. The van der Waals surface area contributed by atoms with Crippen molar-refractivity contribution in [3.8, 4) is 0 Å². The summed E-state index contributed by atoms with van der Waals surface area (Å²) >= 11 is 8.41. The third kappa shape index (κ3) is 4.19. The minimum absolute atomic E-state index is 0.0909. The van der Waals surface area contributed by atoms with Crippen molar-refractivity contribution in [2.24, 2.45) is 0 Å². The van der Waals surface area contributed by atoms with Crippen LogP contribution in [0.1, 0.15) is 11.3 Å². The molecule has 1 aromatic carbocycles. The van der Waals surface area contributed by atoms with E-state index in [0.717, 1.165) is 4.34 Å². The van der Waals surface area contributed by atoms with E-state index in [2.05, 4.69) is 4.98 Å². The van der Waals surface area contributed by atoms with Crippen molar-refractivity contribution in [3.05, 3.63) is 45.7 Å². The molecule has 0 atom stereocenters. The summed E-state index contributed by atoms with van der Waals surface area (Å²) in [7, 11) is 0. The van der Waals surface area contributed by atoms with E-state index in [0.29, 0.717) is 22.0 Å². The van der Waals surface area contributed by atoms with Crippen molar-refractivity contribution in [3.63, 3.8) is 0 Å². The van der Waals surface area contributed by atoms with E-state index in [-0.39, 0.29) is 12.2 Å². The summed E-state index contributed by atoms with van der Waals surface area (Å²) in [6, 6.07) is 4.55. The van der Waals surface area contributed by atoms with E-state index in [1.54, 1.807) is 17.5 Å². The molecule has 0 spiro atoms. The number of carbonyl (C=O) groups is 1.